The number of carboxylic acid groups (broad SMARTS) is 1. The minimum Gasteiger partial charge on any atom is -0.481 e. The van der Waals surface area contributed by atoms with Gasteiger partial charge in [0.25, 0.3) is 0 Å². The molecule has 2 rings (SSSR count). The predicted molar refractivity (Wildman–Crippen MR) is 70.6 cm³/mol. The van der Waals surface area contributed by atoms with Gasteiger partial charge in [-0.3, -0.25) is 4.79 Å². The number of aliphatic carboxylic acids is 1. The Morgan fingerprint density at radius 1 is 1.37 bits per heavy atom. The first-order valence-electron chi connectivity index (χ1n) is 5.91. The van der Waals surface area contributed by atoms with Gasteiger partial charge in [0.1, 0.15) is 4.90 Å². The molecule has 0 heterocycles. The number of nitrogens with zero attached hydrogens (tertiary/aromatic N) is 1. The van der Waals surface area contributed by atoms with Gasteiger partial charge >= 0.3 is 5.97 Å². The molecule has 0 radical (unpaired) electrons. The second kappa shape index (κ2) is 5.48. The zero-order valence-electron chi connectivity index (χ0n) is 10.1. The van der Waals surface area contributed by atoms with E-state index in [-0.39, 0.29) is 28.9 Å². The van der Waals surface area contributed by atoms with Crippen LogP contribution in [0.4, 0.5) is 0 Å². The Bertz CT molecular complexity index is 583. The van der Waals surface area contributed by atoms with E-state index >= 15 is 0 Å². The zero-order valence-corrected chi connectivity index (χ0v) is 11.7. The van der Waals surface area contributed by atoms with Gasteiger partial charge in [0.05, 0.1) is 11.4 Å². The van der Waals surface area contributed by atoms with Crippen molar-refractivity contribution in [2.45, 2.75) is 30.2 Å². The van der Waals surface area contributed by atoms with Crippen molar-refractivity contribution >= 4 is 27.6 Å². The fourth-order valence-electron chi connectivity index (χ4n) is 1.85. The van der Waals surface area contributed by atoms with E-state index in [0.29, 0.717) is 0 Å². The number of hydrogen-bond donors (Lipinski definition) is 1. The smallest absolute Gasteiger partial charge is 0.304 e. The highest BCUT2D eigenvalue weighted by Gasteiger charge is 2.38. The maximum Gasteiger partial charge on any atom is 0.304 e. The molecule has 0 atom stereocenters. The van der Waals surface area contributed by atoms with E-state index in [9.17, 15) is 13.2 Å². The van der Waals surface area contributed by atoms with Crippen molar-refractivity contribution in [3.05, 3.63) is 29.3 Å². The van der Waals surface area contributed by atoms with Crippen LogP contribution in [0.5, 0.6) is 0 Å². The molecule has 0 unspecified atom stereocenters. The second-order valence-corrected chi connectivity index (χ2v) is 6.69. The van der Waals surface area contributed by atoms with Gasteiger partial charge in [-0.2, -0.15) is 4.31 Å². The Labute approximate surface area is 116 Å². The summed E-state index contributed by atoms with van der Waals surface area (Å²) < 4.78 is 26.2. The van der Waals surface area contributed by atoms with Crippen molar-refractivity contribution in [1.29, 1.82) is 0 Å². The molecular formula is C12H14ClNO4S. The predicted octanol–water partition coefficient (Wildman–Crippen LogP) is 1.97. The average molecular weight is 304 g/mol. The van der Waals surface area contributed by atoms with Gasteiger partial charge in [-0.15, -0.1) is 0 Å². The van der Waals surface area contributed by atoms with Gasteiger partial charge in [0.2, 0.25) is 10.0 Å². The quantitative estimate of drug-likeness (QED) is 0.872. The summed E-state index contributed by atoms with van der Waals surface area (Å²) in [6.45, 7) is -0.0203. The first-order valence-corrected chi connectivity index (χ1v) is 7.73. The molecule has 0 saturated heterocycles. The van der Waals surface area contributed by atoms with E-state index in [1.165, 1.54) is 16.4 Å². The lowest BCUT2D eigenvalue weighted by molar-refractivity contribution is -0.137. The van der Waals surface area contributed by atoms with Gasteiger partial charge in [0, 0.05) is 12.6 Å². The van der Waals surface area contributed by atoms with Crippen molar-refractivity contribution in [2.75, 3.05) is 6.54 Å². The topological polar surface area (TPSA) is 74.7 Å². The van der Waals surface area contributed by atoms with Gasteiger partial charge in [-0.05, 0) is 25.0 Å². The molecule has 0 aliphatic heterocycles. The van der Waals surface area contributed by atoms with E-state index in [4.69, 9.17) is 16.7 Å². The summed E-state index contributed by atoms with van der Waals surface area (Å²) in [4.78, 5) is 10.7. The molecule has 104 valence electrons. The molecule has 0 amide bonds. The van der Waals surface area contributed by atoms with E-state index in [1.807, 2.05) is 0 Å². The third-order valence-electron chi connectivity index (χ3n) is 2.92. The lowest BCUT2D eigenvalue weighted by atomic mass is 10.4. The second-order valence-electron chi connectivity index (χ2n) is 4.42. The lowest BCUT2D eigenvalue weighted by Crippen LogP contribution is -2.35. The van der Waals surface area contributed by atoms with E-state index in [0.717, 1.165) is 12.8 Å². The molecule has 1 fully saturated rings. The summed E-state index contributed by atoms with van der Waals surface area (Å²) >= 11 is 5.92. The van der Waals surface area contributed by atoms with Crippen molar-refractivity contribution in [3.63, 3.8) is 0 Å². The first-order chi connectivity index (χ1) is 8.93. The van der Waals surface area contributed by atoms with Crippen LogP contribution in [-0.2, 0) is 14.8 Å². The third-order valence-corrected chi connectivity index (χ3v) is 5.38. The molecule has 1 aliphatic rings. The molecule has 0 bridgehead atoms. The zero-order chi connectivity index (χ0) is 14.0. The van der Waals surface area contributed by atoms with Gasteiger partial charge in [0.15, 0.2) is 0 Å². The standard InChI is InChI=1S/C12H14ClNO4S/c13-10-3-1-2-4-11(10)19(17,18)14(9-5-6-9)8-7-12(15)16/h1-4,9H,5-8H2,(H,15,16). The number of rotatable bonds is 6. The Morgan fingerprint density at radius 3 is 2.53 bits per heavy atom. The molecule has 5 nitrogen and oxygen atoms in total. The summed E-state index contributed by atoms with van der Waals surface area (Å²) in [7, 11) is -3.73. The number of sulfonamides is 1. The van der Waals surface area contributed by atoms with Crippen molar-refractivity contribution in [1.82, 2.24) is 4.31 Å². The van der Waals surface area contributed by atoms with Crippen molar-refractivity contribution in [3.8, 4) is 0 Å². The van der Waals surface area contributed by atoms with E-state index in [1.54, 1.807) is 12.1 Å². The number of carbonyl (C=O) groups is 1. The minimum absolute atomic E-state index is 0.0203. The normalized spacial score (nSPS) is 15.7. The Hall–Kier alpha value is -1.11. The van der Waals surface area contributed by atoms with Crippen molar-refractivity contribution in [2.24, 2.45) is 0 Å². The van der Waals surface area contributed by atoms with Gasteiger partial charge < -0.3 is 5.11 Å². The van der Waals surface area contributed by atoms with Crippen LogP contribution in [0.2, 0.25) is 5.02 Å². The summed E-state index contributed by atoms with van der Waals surface area (Å²) in [5.41, 5.74) is 0. The third kappa shape index (κ3) is 3.26. The largest absolute Gasteiger partial charge is 0.481 e. The van der Waals surface area contributed by atoms with Gasteiger partial charge in [-0.25, -0.2) is 8.42 Å². The average Bonchev–Trinajstić information content (AvgIpc) is 3.13. The van der Waals surface area contributed by atoms with Crippen molar-refractivity contribution < 1.29 is 18.3 Å². The van der Waals surface area contributed by atoms with Gasteiger partial charge in [-0.1, -0.05) is 23.7 Å². The van der Waals surface area contributed by atoms with Crippen LogP contribution in [0.1, 0.15) is 19.3 Å². The lowest BCUT2D eigenvalue weighted by Gasteiger charge is -2.21. The van der Waals surface area contributed by atoms with E-state index in [2.05, 4.69) is 0 Å². The Kier molecular flexibility index (Phi) is 4.13. The minimum atomic E-state index is -3.73. The maximum absolute atomic E-state index is 12.5. The highest BCUT2D eigenvalue weighted by molar-refractivity contribution is 7.89. The molecule has 0 spiro atoms. The molecule has 1 aromatic carbocycles. The maximum atomic E-state index is 12.5. The summed E-state index contributed by atoms with van der Waals surface area (Å²) in [5.74, 6) is -1.01. The number of halogens is 1. The monoisotopic (exact) mass is 303 g/mol. The molecule has 1 saturated carbocycles. The van der Waals surface area contributed by atoms with Crippen LogP contribution in [-0.4, -0.2) is 36.4 Å². The Morgan fingerprint density at radius 2 is 2.00 bits per heavy atom. The SMILES string of the molecule is O=C(O)CCN(C1CC1)S(=O)(=O)c1ccccc1Cl. The fraction of sp³-hybridized carbons (Fsp3) is 0.417. The van der Waals surface area contributed by atoms with Crippen LogP contribution in [0.25, 0.3) is 0 Å². The first kappa shape index (κ1) is 14.3. The molecule has 0 aromatic heterocycles. The molecule has 1 aliphatic carbocycles. The molecule has 1 aromatic rings. The highest BCUT2D eigenvalue weighted by atomic mass is 35.5. The molecule has 19 heavy (non-hydrogen) atoms. The van der Waals surface area contributed by atoms with Crippen LogP contribution in [0.15, 0.2) is 29.2 Å². The summed E-state index contributed by atoms with van der Waals surface area (Å²) in [5, 5.41) is 8.86. The van der Waals surface area contributed by atoms with E-state index < -0.39 is 16.0 Å². The number of benzene rings is 1. The van der Waals surface area contributed by atoms with Crippen LogP contribution in [0.3, 0.4) is 0 Å². The number of hydrogen-bond acceptors (Lipinski definition) is 3. The number of carboxylic acids is 1. The van der Waals surface area contributed by atoms with Crippen LogP contribution < -0.4 is 0 Å². The highest BCUT2D eigenvalue weighted by Crippen LogP contribution is 2.34. The van der Waals surface area contributed by atoms with Crippen LogP contribution >= 0.6 is 11.6 Å². The summed E-state index contributed by atoms with van der Waals surface area (Å²) in [6, 6.07) is 6.10. The molecule has 1 N–H and O–H groups in total. The fourth-order valence-corrected chi connectivity index (χ4v) is 4.03. The Balaban J connectivity index is 2.29. The summed E-state index contributed by atoms with van der Waals surface area (Å²) in [6.07, 6.45) is 1.33. The molecule has 7 heteroatoms. The van der Waals surface area contributed by atoms with Crippen LogP contribution in [0, 0.1) is 0 Å². The molecular weight excluding hydrogens is 290 g/mol.